The van der Waals surface area contributed by atoms with E-state index in [-0.39, 0.29) is 23.6 Å². The second-order valence-electron chi connectivity index (χ2n) is 4.62. The van der Waals surface area contributed by atoms with Crippen LogP contribution in [0.15, 0.2) is 18.2 Å². The summed E-state index contributed by atoms with van der Waals surface area (Å²) >= 11 is 5.66. The highest BCUT2D eigenvalue weighted by Gasteiger charge is 2.40. The van der Waals surface area contributed by atoms with Crippen molar-refractivity contribution in [3.05, 3.63) is 38.9 Å². The smallest absolute Gasteiger partial charge is 0.326 e. The molecular formula is C12H11ClN2O6. The normalized spacial score (nSPS) is 21.3. The summed E-state index contributed by atoms with van der Waals surface area (Å²) in [7, 11) is 0. The van der Waals surface area contributed by atoms with E-state index in [0.29, 0.717) is 0 Å². The van der Waals surface area contributed by atoms with Crippen LogP contribution in [-0.2, 0) is 4.79 Å². The number of nitro groups is 1. The molecule has 1 aromatic rings. The zero-order valence-electron chi connectivity index (χ0n) is 10.6. The summed E-state index contributed by atoms with van der Waals surface area (Å²) in [6, 6.07) is 2.30. The lowest BCUT2D eigenvalue weighted by Gasteiger charge is -2.21. The van der Waals surface area contributed by atoms with Gasteiger partial charge in [0.1, 0.15) is 11.6 Å². The monoisotopic (exact) mass is 314 g/mol. The molecule has 0 bridgehead atoms. The minimum atomic E-state index is -1.27. The van der Waals surface area contributed by atoms with E-state index in [0.717, 1.165) is 11.0 Å². The molecule has 0 aromatic heterocycles. The van der Waals surface area contributed by atoms with E-state index in [4.69, 9.17) is 16.7 Å². The van der Waals surface area contributed by atoms with Crippen molar-refractivity contribution in [2.75, 3.05) is 6.54 Å². The molecule has 2 rings (SSSR count). The third kappa shape index (κ3) is 2.96. The molecule has 2 atom stereocenters. The van der Waals surface area contributed by atoms with Crippen LogP contribution >= 0.6 is 11.6 Å². The molecule has 0 spiro atoms. The minimum absolute atomic E-state index is 0.0921. The minimum Gasteiger partial charge on any atom is -0.480 e. The van der Waals surface area contributed by atoms with Gasteiger partial charge in [-0.25, -0.2) is 4.79 Å². The van der Waals surface area contributed by atoms with E-state index < -0.39 is 34.6 Å². The standard InChI is InChI=1S/C12H11ClN2O6/c13-6-1-2-8(9(3-6)15(20)21)11(17)14-5-7(16)4-10(14)12(18)19/h1-3,7,10,16H,4-5H2,(H,18,19)/t7-,10-/m1/s1. The van der Waals surface area contributed by atoms with Gasteiger partial charge in [-0.3, -0.25) is 14.9 Å². The number of aliphatic hydroxyl groups excluding tert-OH is 1. The molecule has 0 aliphatic carbocycles. The van der Waals surface area contributed by atoms with Gasteiger partial charge >= 0.3 is 5.97 Å². The van der Waals surface area contributed by atoms with E-state index >= 15 is 0 Å². The summed E-state index contributed by atoms with van der Waals surface area (Å²) in [5.74, 6) is -2.08. The fourth-order valence-corrected chi connectivity index (χ4v) is 2.43. The van der Waals surface area contributed by atoms with Crippen LogP contribution in [0, 0.1) is 10.1 Å². The number of amides is 1. The van der Waals surface area contributed by atoms with E-state index in [1.54, 1.807) is 0 Å². The molecule has 1 aliphatic heterocycles. The van der Waals surface area contributed by atoms with Crippen molar-refractivity contribution in [2.45, 2.75) is 18.6 Å². The van der Waals surface area contributed by atoms with Gasteiger partial charge in [-0.05, 0) is 12.1 Å². The highest BCUT2D eigenvalue weighted by atomic mass is 35.5. The molecule has 112 valence electrons. The lowest BCUT2D eigenvalue weighted by molar-refractivity contribution is -0.385. The first-order chi connectivity index (χ1) is 9.81. The average molecular weight is 315 g/mol. The highest BCUT2D eigenvalue weighted by Crippen LogP contribution is 2.27. The number of β-amino-alcohol motifs (C(OH)–C–C–N with tert-alkyl or cyclic N) is 1. The van der Waals surface area contributed by atoms with Crippen LogP contribution in [0.1, 0.15) is 16.8 Å². The molecule has 0 radical (unpaired) electrons. The third-order valence-corrected chi connectivity index (χ3v) is 3.45. The Bertz CT molecular complexity index is 620. The number of carboxylic acid groups (broad SMARTS) is 1. The molecule has 2 N–H and O–H groups in total. The molecular weight excluding hydrogens is 304 g/mol. The zero-order chi connectivity index (χ0) is 15.7. The molecule has 9 heteroatoms. The Kier molecular flexibility index (Phi) is 4.10. The van der Waals surface area contributed by atoms with Gasteiger partial charge in [0, 0.05) is 24.1 Å². The molecule has 0 unspecified atom stereocenters. The summed E-state index contributed by atoms with van der Waals surface area (Å²) < 4.78 is 0. The zero-order valence-corrected chi connectivity index (χ0v) is 11.4. The first-order valence-electron chi connectivity index (χ1n) is 5.97. The first-order valence-corrected chi connectivity index (χ1v) is 6.35. The third-order valence-electron chi connectivity index (χ3n) is 3.21. The van der Waals surface area contributed by atoms with Gasteiger partial charge in [0.25, 0.3) is 11.6 Å². The van der Waals surface area contributed by atoms with Gasteiger partial charge in [-0.2, -0.15) is 0 Å². The van der Waals surface area contributed by atoms with Gasteiger partial charge in [-0.1, -0.05) is 11.6 Å². The van der Waals surface area contributed by atoms with Crippen molar-refractivity contribution in [3.63, 3.8) is 0 Å². The fraction of sp³-hybridized carbons (Fsp3) is 0.333. The van der Waals surface area contributed by atoms with Crippen LogP contribution < -0.4 is 0 Å². The maximum atomic E-state index is 12.3. The number of carbonyl (C=O) groups is 2. The SMILES string of the molecule is O=C(O)[C@H]1C[C@@H](O)CN1C(=O)c1ccc(Cl)cc1[N+](=O)[O-]. The summed E-state index contributed by atoms with van der Waals surface area (Å²) in [6.07, 6.45) is -1.08. The molecule has 1 heterocycles. The Morgan fingerprint density at radius 3 is 2.67 bits per heavy atom. The average Bonchev–Trinajstić information content (AvgIpc) is 2.80. The summed E-state index contributed by atoms with van der Waals surface area (Å²) in [4.78, 5) is 34.6. The molecule has 21 heavy (non-hydrogen) atoms. The second-order valence-corrected chi connectivity index (χ2v) is 5.06. The van der Waals surface area contributed by atoms with E-state index in [1.165, 1.54) is 12.1 Å². The maximum absolute atomic E-state index is 12.3. The number of hydrogen-bond acceptors (Lipinski definition) is 5. The molecule has 1 amide bonds. The van der Waals surface area contributed by atoms with Crippen molar-refractivity contribution < 1.29 is 24.7 Å². The summed E-state index contributed by atoms with van der Waals surface area (Å²) in [5, 5.41) is 29.7. The van der Waals surface area contributed by atoms with Crippen molar-refractivity contribution in [2.24, 2.45) is 0 Å². The number of carbonyl (C=O) groups excluding carboxylic acids is 1. The van der Waals surface area contributed by atoms with E-state index in [1.807, 2.05) is 0 Å². The van der Waals surface area contributed by atoms with E-state index in [9.17, 15) is 24.8 Å². The van der Waals surface area contributed by atoms with Crippen LogP contribution in [0.2, 0.25) is 5.02 Å². The van der Waals surface area contributed by atoms with Crippen molar-refractivity contribution in [1.82, 2.24) is 4.90 Å². The predicted molar refractivity (Wildman–Crippen MR) is 71.2 cm³/mol. The number of likely N-dealkylation sites (tertiary alicyclic amines) is 1. The number of benzene rings is 1. The van der Waals surface area contributed by atoms with Gasteiger partial charge in [0.15, 0.2) is 0 Å². The quantitative estimate of drug-likeness (QED) is 0.631. The first kappa shape index (κ1) is 15.2. The highest BCUT2D eigenvalue weighted by molar-refractivity contribution is 6.31. The van der Waals surface area contributed by atoms with Gasteiger partial charge in [-0.15, -0.1) is 0 Å². The molecule has 0 saturated carbocycles. The number of carboxylic acids is 1. The molecule has 1 aromatic carbocycles. The van der Waals surface area contributed by atoms with Crippen molar-refractivity contribution >= 4 is 29.2 Å². The molecule has 1 saturated heterocycles. The van der Waals surface area contributed by atoms with Crippen LogP contribution in [0.3, 0.4) is 0 Å². The number of aliphatic hydroxyl groups is 1. The number of aliphatic carboxylic acids is 1. The van der Waals surface area contributed by atoms with Crippen LogP contribution in [0.4, 0.5) is 5.69 Å². The number of hydrogen-bond donors (Lipinski definition) is 2. The van der Waals surface area contributed by atoms with E-state index in [2.05, 4.69) is 0 Å². The molecule has 1 fully saturated rings. The number of nitrogens with zero attached hydrogens (tertiary/aromatic N) is 2. The fourth-order valence-electron chi connectivity index (χ4n) is 2.26. The molecule has 8 nitrogen and oxygen atoms in total. The topological polar surface area (TPSA) is 121 Å². The Hall–Kier alpha value is -2.19. The lowest BCUT2D eigenvalue weighted by Crippen LogP contribution is -2.40. The Labute approximate surface area is 123 Å². The number of rotatable bonds is 3. The van der Waals surface area contributed by atoms with Crippen molar-refractivity contribution in [3.8, 4) is 0 Å². The van der Waals surface area contributed by atoms with Gasteiger partial charge < -0.3 is 15.1 Å². The Morgan fingerprint density at radius 2 is 2.10 bits per heavy atom. The maximum Gasteiger partial charge on any atom is 0.326 e. The van der Waals surface area contributed by atoms with Gasteiger partial charge in [0.2, 0.25) is 0 Å². The second kappa shape index (κ2) is 5.66. The Balaban J connectivity index is 2.40. The van der Waals surface area contributed by atoms with Gasteiger partial charge in [0.05, 0.1) is 11.0 Å². The number of halogens is 1. The van der Waals surface area contributed by atoms with Crippen LogP contribution in [-0.4, -0.2) is 50.6 Å². The number of nitro benzene ring substituents is 1. The summed E-state index contributed by atoms with van der Waals surface area (Å²) in [5.41, 5.74) is -0.761. The predicted octanol–water partition coefficient (Wildman–Crippen LogP) is 0.908. The van der Waals surface area contributed by atoms with Crippen LogP contribution in [0.5, 0.6) is 0 Å². The Morgan fingerprint density at radius 1 is 1.43 bits per heavy atom. The largest absolute Gasteiger partial charge is 0.480 e. The summed E-state index contributed by atoms with van der Waals surface area (Å²) in [6.45, 7) is -0.185. The van der Waals surface area contributed by atoms with Crippen molar-refractivity contribution in [1.29, 1.82) is 0 Å². The molecule has 1 aliphatic rings. The lowest BCUT2D eigenvalue weighted by atomic mass is 10.1. The van der Waals surface area contributed by atoms with Crippen LogP contribution in [0.25, 0.3) is 0 Å².